The van der Waals surface area contributed by atoms with Crippen molar-refractivity contribution in [1.82, 2.24) is 9.97 Å². The molecule has 8 heteroatoms. The molecule has 1 heterocycles. The summed E-state index contributed by atoms with van der Waals surface area (Å²) < 4.78 is 5.28. The summed E-state index contributed by atoms with van der Waals surface area (Å²) in [4.78, 5) is 17.5. The molecule has 16 heavy (non-hydrogen) atoms. The molecule has 0 bridgehead atoms. The van der Waals surface area contributed by atoms with Crippen LogP contribution in [0.15, 0.2) is 6.20 Å². The van der Waals surface area contributed by atoms with E-state index in [2.05, 4.69) is 15.4 Å². The fraction of sp³-hybridized carbons (Fsp3) is 0.500. The monoisotopic (exact) mass is 225 g/mol. The quantitative estimate of drug-likeness (QED) is 0.424. The van der Waals surface area contributed by atoms with E-state index < -0.39 is 4.92 Å². The van der Waals surface area contributed by atoms with Gasteiger partial charge in [0.15, 0.2) is 0 Å². The highest BCUT2D eigenvalue weighted by atomic mass is 16.6. The average Bonchev–Trinajstić information content (AvgIpc) is 3.09. The number of anilines is 1. The lowest BCUT2D eigenvalue weighted by atomic mass is 10.4. The number of nitrogens with zero attached hydrogens (tertiary/aromatic N) is 3. The van der Waals surface area contributed by atoms with E-state index in [-0.39, 0.29) is 17.5 Å². The molecule has 0 radical (unpaired) electrons. The van der Waals surface area contributed by atoms with E-state index in [0.29, 0.717) is 12.5 Å². The third-order valence-corrected chi connectivity index (χ3v) is 2.21. The summed E-state index contributed by atoms with van der Waals surface area (Å²) in [6, 6.07) is 0. The Balaban J connectivity index is 2.18. The maximum atomic E-state index is 10.7. The predicted octanol–water partition coefficient (Wildman–Crippen LogP) is 0.459. The van der Waals surface area contributed by atoms with Crippen molar-refractivity contribution >= 4 is 11.6 Å². The zero-order valence-electron chi connectivity index (χ0n) is 8.42. The highest BCUT2D eigenvalue weighted by Gasteiger charge is 2.25. The molecule has 8 nitrogen and oxygen atoms in total. The first-order chi connectivity index (χ1) is 7.70. The van der Waals surface area contributed by atoms with Gasteiger partial charge in [0.05, 0.1) is 11.5 Å². The van der Waals surface area contributed by atoms with Gasteiger partial charge < -0.3 is 4.74 Å². The van der Waals surface area contributed by atoms with Gasteiger partial charge in [0.25, 0.3) is 5.88 Å². The normalized spacial score (nSPS) is 14.6. The van der Waals surface area contributed by atoms with Crippen LogP contribution in [0.3, 0.4) is 0 Å². The summed E-state index contributed by atoms with van der Waals surface area (Å²) in [5.74, 6) is 5.65. The number of hydrogen-bond acceptors (Lipinski definition) is 7. The van der Waals surface area contributed by atoms with E-state index >= 15 is 0 Å². The van der Waals surface area contributed by atoms with Crippen LogP contribution in [-0.2, 0) is 0 Å². The lowest BCUT2D eigenvalue weighted by Crippen LogP contribution is -2.12. The average molecular weight is 225 g/mol. The van der Waals surface area contributed by atoms with Gasteiger partial charge >= 0.3 is 5.69 Å². The van der Waals surface area contributed by atoms with Gasteiger partial charge in [0.2, 0.25) is 5.95 Å². The molecule has 1 aliphatic rings. The van der Waals surface area contributed by atoms with E-state index in [1.165, 1.54) is 0 Å². The molecule has 1 aliphatic carbocycles. The molecule has 86 valence electrons. The summed E-state index contributed by atoms with van der Waals surface area (Å²) in [7, 11) is 0. The maximum Gasteiger partial charge on any atom is 0.349 e. The van der Waals surface area contributed by atoms with Crippen molar-refractivity contribution in [3.05, 3.63) is 16.3 Å². The molecule has 1 fully saturated rings. The molecule has 0 aromatic carbocycles. The SMILES string of the molecule is NNc1ncc([N+](=O)[O-])c(OCC2CC2)n1. The van der Waals surface area contributed by atoms with Crippen LogP contribution in [0, 0.1) is 16.0 Å². The number of aromatic nitrogens is 2. The van der Waals surface area contributed by atoms with Crippen LogP contribution in [0.4, 0.5) is 11.6 Å². The Kier molecular flexibility index (Phi) is 2.82. The lowest BCUT2D eigenvalue weighted by molar-refractivity contribution is -0.386. The number of hydrazine groups is 1. The number of nitrogens with one attached hydrogen (secondary N) is 1. The second-order valence-electron chi connectivity index (χ2n) is 3.54. The largest absolute Gasteiger partial charge is 0.472 e. The van der Waals surface area contributed by atoms with Crippen molar-refractivity contribution in [2.45, 2.75) is 12.8 Å². The second-order valence-corrected chi connectivity index (χ2v) is 3.54. The van der Waals surface area contributed by atoms with Crippen molar-refractivity contribution in [2.24, 2.45) is 11.8 Å². The van der Waals surface area contributed by atoms with Gasteiger partial charge in [-0.05, 0) is 18.8 Å². The molecule has 0 spiro atoms. The highest BCUT2D eigenvalue weighted by molar-refractivity contribution is 5.42. The lowest BCUT2D eigenvalue weighted by Gasteiger charge is -2.05. The second kappa shape index (κ2) is 4.27. The standard InChI is InChI=1S/C8H11N5O3/c9-12-8-10-3-6(13(14)15)7(11-8)16-4-5-1-2-5/h3,5H,1-2,4,9H2,(H,10,11,12). The van der Waals surface area contributed by atoms with Crippen LogP contribution < -0.4 is 16.0 Å². The number of rotatable bonds is 5. The number of ether oxygens (including phenoxy) is 1. The first-order valence-electron chi connectivity index (χ1n) is 4.81. The minimum Gasteiger partial charge on any atom is -0.472 e. The molecular formula is C8H11N5O3. The summed E-state index contributed by atoms with van der Waals surface area (Å²) in [6.45, 7) is 0.446. The van der Waals surface area contributed by atoms with E-state index in [4.69, 9.17) is 10.6 Å². The third kappa shape index (κ3) is 2.34. The van der Waals surface area contributed by atoms with Gasteiger partial charge in [-0.25, -0.2) is 10.8 Å². The zero-order chi connectivity index (χ0) is 11.5. The molecule has 3 N–H and O–H groups in total. The van der Waals surface area contributed by atoms with Crippen LogP contribution in [-0.4, -0.2) is 21.5 Å². The Bertz CT molecular complexity index is 407. The highest BCUT2D eigenvalue weighted by Crippen LogP contribution is 2.31. The van der Waals surface area contributed by atoms with Crippen molar-refractivity contribution in [2.75, 3.05) is 12.0 Å². The predicted molar refractivity (Wildman–Crippen MR) is 54.7 cm³/mol. The first kappa shape index (κ1) is 10.6. The zero-order valence-corrected chi connectivity index (χ0v) is 8.42. The Morgan fingerprint density at radius 3 is 3.00 bits per heavy atom. The van der Waals surface area contributed by atoms with Gasteiger partial charge in [0.1, 0.15) is 6.20 Å². The van der Waals surface area contributed by atoms with Gasteiger partial charge in [-0.1, -0.05) is 0 Å². The Labute approximate surface area is 91.0 Å². The minimum absolute atomic E-state index is 0.0418. The number of nitrogen functional groups attached to an aromatic ring is 1. The van der Waals surface area contributed by atoms with Gasteiger partial charge in [0, 0.05) is 0 Å². The third-order valence-electron chi connectivity index (χ3n) is 2.21. The fourth-order valence-electron chi connectivity index (χ4n) is 1.14. The number of nitrogens with two attached hydrogens (primary N) is 1. The molecular weight excluding hydrogens is 214 g/mol. The molecule has 1 aromatic heterocycles. The summed E-state index contributed by atoms with van der Waals surface area (Å²) in [6.07, 6.45) is 3.27. The topological polar surface area (TPSA) is 116 Å². The number of nitro groups is 1. The van der Waals surface area contributed by atoms with Crippen molar-refractivity contribution in [3.63, 3.8) is 0 Å². The molecule has 0 saturated heterocycles. The first-order valence-corrected chi connectivity index (χ1v) is 4.81. The van der Waals surface area contributed by atoms with Crippen LogP contribution >= 0.6 is 0 Å². The van der Waals surface area contributed by atoms with Gasteiger partial charge in [-0.2, -0.15) is 4.98 Å². The summed E-state index contributed by atoms with van der Waals surface area (Å²) in [5.41, 5.74) is 1.96. The van der Waals surface area contributed by atoms with Crippen molar-refractivity contribution in [3.8, 4) is 5.88 Å². The van der Waals surface area contributed by atoms with Crippen LogP contribution in [0.2, 0.25) is 0 Å². The van der Waals surface area contributed by atoms with E-state index in [1.54, 1.807) is 0 Å². The Hall–Kier alpha value is -1.96. The Morgan fingerprint density at radius 2 is 2.44 bits per heavy atom. The van der Waals surface area contributed by atoms with E-state index in [9.17, 15) is 10.1 Å². The molecule has 2 rings (SSSR count). The summed E-state index contributed by atoms with van der Waals surface area (Å²) >= 11 is 0. The molecule has 1 aromatic rings. The molecule has 0 atom stereocenters. The summed E-state index contributed by atoms with van der Waals surface area (Å²) in [5, 5.41) is 10.7. The van der Waals surface area contributed by atoms with E-state index in [1.807, 2.05) is 0 Å². The van der Waals surface area contributed by atoms with E-state index in [0.717, 1.165) is 19.0 Å². The Morgan fingerprint density at radius 1 is 1.69 bits per heavy atom. The van der Waals surface area contributed by atoms with Crippen LogP contribution in [0.1, 0.15) is 12.8 Å². The van der Waals surface area contributed by atoms with Crippen LogP contribution in [0.5, 0.6) is 5.88 Å². The van der Waals surface area contributed by atoms with Gasteiger partial charge in [-0.3, -0.25) is 15.5 Å². The van der Waals surface area contributed by atoms with Gasteiger partial charge in [-0.15, -0.1) is 0 Å². The molecule has 0 amide bonds. The smallest absolute Gasteiger partial charge is 0.349 e. The van der Waals surface area contributed by atoms with Crippen LogP contribution in [0.25, 0.3) is 0 Å². The fourth-order valence-corrected chi connectivity index (χ4v) is 1.14. The number of hydrogen-bond donors (Lipinski definition) is 2. The van der Waals surface area contributed by atoms with Crippen molar-refractivity contribution in [1.29, 1.82) is 0 Å². The molecule has 1 saturated carbocycles. The minimum atomic E-state index is -0.581. The van der Waals surface area contributed by atoms with Crippen molar-refractivity contribution < 1.29 is 9.66 Å². The molecule has 0 aliphatic heterocycles. The maximum absolute atomic E-state index is 10.7. The molecule has 0 unspecified atom stereocenters.